The second kappa shape index (κ2) is 8.85. The molecule has 34 heavy (non-hydrogen) atoms. The average Bonchev–Trinajstić information content (AvgIpc) is 2.78. The standard InChI is InChI=1S/C26H23F3N2O3/c1-15-13-23(30-21-10-8-20(9-11-21)26(27,28)29)22-14-19(7-12-24(22)31(15)16(2)32)17-3-5-18(6-4-17)25(33)34/h3-12,14-15,23,30H,13H2,1-2H3,(H,33,34)/t15-,23+/m0/s1. The molecular formula is C26H23F3N2O3. The molecule has 1 aliphatic heterocycles. The first-order valence-corrected chi connectivity index (χ1v) is 10.8. The van der Waals surface area contributed by atoms with E-state index >= 15 is 0 Å². The Morgan fingerprint density at radius 3 is 2.15 bits per heavy atom. The van der Waals surface area contributed by atoms with Gasteiger partial charge in [-0.15, -0.1) is 0 Å². The summed E-state index contributed by atoms with van der Waals surface area (Å²) in [6, 6.07) is 16.7. The third kappa shape index (κ3) is 4.62. The van der Waals surface area contributed by atoms with E-state index in [0.29, 0.717) is 12.1 Å². The van der Waals surface area contributed by atoms with Crippen molar-refractivity contribution in [2.45, 2.75) is 38.5 Å². The molecule has 0 fully saturated rings. The van der Waals surface area contributed by atoms with Crippen LogP contribution in [0.5, 0.6) is 0 Å². The van der Waals surface area contributed by atoms with Crippen molar-refractivity contribution in [2.24, 2.45) is 0 Å². The number of carbonyl (C=O) groups is 2. The van der Waals surface area contributed by atoms with Crippen LogP contribution in [0.4, 0.5) is 24.5 Å². The second-order valence-corrected chi connectivity index (χ2v) is 8.40. The molecule has 0 saturated heterocycles. The highest BCUT2D eigenvalue weighted by molar-refractivity contribution is 5.94. The molecule has 0 aliphatic carbocycles. The molecular weight excluding hydrogens is 445 g/mol. The van der Waals surface area contributed by atoms with E-state index in [1.165, 1.54) is 31.2 Å². The number of carboxylic acids is 1. The van der Waals surface area contributed by atoms with Crippen molar-refractivity contribution in [2.75, 3.05) is 10.2 Å². The van der Waals surface area contributed by atoms with Crippen molar-refractivity contribution in [3.8, 4) is 11.1 Å². The van der Waals surface area contributed by atoms with E-state index in [1.54, 1.807) is 17.0 Å². The highest BCUT2D eigenvalue weighted by Gasteiger charge is 2.33. The topological polar surface area (TPSA) is 69.6 Å². The smallest absolute Gasteiger partial charge is 0.416 e. The van der Waals surface area contributed by atoms with Crippen LogP contribution in [0.15, 0.2) is 66.7 Å². The van der Waals surface area contributed by atoms with Crippen LogP contribution in [-0.2, 0) is 11.0 Å². The first-order valence-electron chi connectivity index (χ1n) is 10.8. The maximum atomic E-state index is 12.9. The summed E-state index contributed by atoms with van der Waals surface area (Å²) in [5.74, 6) is -1.11. The number of hydrogen-bond acceptors (Lipinski definition) is 3. The van der Waals surface area contributed by atoms with E-state index in [-0.39, 0.29) is 23.6 Å². The van der Waals surface area contributed by atoms with E-state index in [2.05, 4.69) is 5.32 Å². The molecule has 8 heteroatoms. The summed E-state index contributed by atoms with van der Waals surface area (Å²) in [5, 5.41) is 12.5. The molecule has 176 valence electrons. The van der Waals surface area contributed by atoms with Gasteiger partial charge in [0.25, 0.3) is 0 Å². The number of benzene rings is 3. The van der Waals surface area contributed by atoms with Gasteiger partial charge >= 0.3 is 12.1 Å². The Hall–Kier alpha value is -3.81. The van der Waals surface area contributed by atoms with E-state index in [1.807, 2.05) is 25.1 Å². The van der Waals surface area contributed by atoms with Gasteiger partial charge in [0.15, 0.2) is 0 Å². The SMILES string of the molecule is CC(=O)N1c2ccc(-c3ccc(C(=O)O)cc3)cc2[C@H](Nc2ccc(C(F)(F)F)cc2)C[C@@H]1C. The van der Waals surface area contributed by atoms with Crippen LogP contribution in [0, 0.1) is 0 Å². The van der Waals surface area contributed by atoms with Crippen molar-refractivity contribution in [3.05, 3.63) is 83.4 Å². The van der Waals surface area contributed by atoms with Crippen LogP contribution in [0.1, 0.15) is 47.8 Å². The largest absolute Gasteiger partial charge is 0.478 e. The number of carboxylic acid groups (broad SMARTS) is 1. The lowest BCUT2D eigenvalue weighted by atomic mass is 9.88. The van der Waals surface area contributed by atoms with Crippen LogP contribution in [0.3, 0.4) is 0 Å². The van der Waals surface area contributed by atoms with Gasteiger partial charge in [-0.25, -0.2) is 4.79 Å². The van der Waals surface area contributed by atoms with Crippen LogP contribution in [0.2, 0.25) is 0 Å². The lowest BCUT2D eigenvalue weighted by Gasteiger charge is -2.39. The summed E-state index contributed by atoms with van der Waals surface area (Å²) in [7, 11) is 0. The minimum atomic E-state index is -4.41. The van der Waals surface area contributed by atoms with E-state index in [0.717, 1.165) is 34.5 Å². The van der Waals surface area contributed by atoms with Gasteiger partial charge in [0.05, 0.1) is 17.2 Å². The Morgan fingerprint density at radius 1 is 0.971 bits per heavy atom. The predicted molar refractivity (Wildman–Crippen MR) is 124 cm³/mol. The third-order valence-corrected chi connectivity index (χ3v) is 6.04. The fraction of sp³-hybridized carbons (Fsp3) is 0.231. The van der Waals surface area contributed by atoms with Crippen molar-refractivity contribution in [1.82, 2.24) is 0 Å². The summed E-state index contributed by atoms with van der Waals surface area (Å²) < 4.78 is 38.8. The molecule has 4 rings (SSSR count). The van der Waals surface area contributed by atoms with E-state index in [4.69, 9.17) is 5.11 Å². The van der Waals surface area contributed by atoms with E-state index < -0.39 is 17.7 Å². The van der Waals surface area contributed by atoms with Gasteiger partial charge in [-0.1, -0.05) is 18.2 Å². The molecule has 2 atom stereocenters. The summed E-state index contributed by atoms with van der Waals surface area (Å²) in [6.07, 6.45) is -3.84. The number of halogens is 3. The zero-order chi connectivity index (χ0) is 24.6. The number of rotatable bonds is 4. The highest BCUT2D eigenvalue weighted by atomic mass is 19.4. The molecule has 1 amide bonds. The van der Waals surface area contributed by atoms with Gasteiger partial charge in [0.2, 0.25) is 5.91 Å². The van der Waals surface area contributed by atoms with Gasteiger partial charge in [-0.05, 0) is 78.6 Å². The number of amides is 1. The van der Waals surface area contributed by atoms with Gasteiger partial charge in [-0.3, -0.25) is 4.79 Å². The van der Waals surface area contributed by atoms with Gasteiger partial charge in [0, 0.05) is 24.3 Å². The van der Waals surface area contributed by atoms with Crippen LogP contribution < -0.4 is 10.2 Å². The highest BCUT2D eigenvalue weighted by Crippen LogP contribution is 2.41. The van der Waals surface area contributed by atoms with Gasteiger partial charge in [-0.2, -0.15) is 13.2 Å². The predicted octanol–water partition coefficient (Wildman–Crippen LogP) is 6.37. The van der Waals surface area contributed by atoms with Crippen molar-refractivity contribution in [3.63, 3.8) is 0 Å². The quantitative estimate of drug-likeness (QED) is 0.467. The number of hydrogen-bond donors (Lipinski definition) is 2. The molecule has 0 aromatic heterocycles. The average molecular weight is 468 g/mol. The Kier molecular flexibility index (Phi) is 6.08. The summed E-state index contributed by atoms with van der Waals surface area (Å²) >= 11 is 0. The Morgan fingerprint density at radius 2 is 1.59 bits per heavy atom. The summed E-state index contributed by atoms with van der Waals surface area (Å²) in [4.78, 5) is 25.2. The Balaban J connectivity index is 1.71. The molecule has 5 nitrogen and oxygen atoms in total. The summed E-state index contributed by atoms with van der Waals surface area (Å²) in [5.41, 5.74) is 3.24. The maximum Gasteiger partial charge on any atom is 0.416 e. The second-order valence-electron chi connectivity index (χ2n) is 8.40. The fourth-order valence-corrected chi connectivity index (χ4v) is 4.42. The molecule has 3 aromatic rings. The fourth-order valence-electron chi connectivity index (χ4n) is 4.42. The Labute approximate surface area is 194 Å². The third-order valence-electron chi connectivity index (χ3n) is 6.04. The zero-order valence-corrected chi connectivity index (χ0v) is 18.6. The van der Waals surface area contributed by atoms with Crippen LogP contribution in [-0.4, -0.2) is 23.0 Å². The summed E-state index contributed by atoms with van der Waals surface area (Å²) in [6.45, 7) is 3.44. The lowest BCUT2D eigenvalue weighted by molar-refractivity contribution is -0.137. The number of fused-ring (bicyclic) bond motifs is 1. The molecule has 1 aliphatic rings. The number of anilines is 2. The van der Waals surface area contributed by atoms with Crippen molar-refractivity contribution >= 4 is 23.3 Å². The minimum Gasteiger partial charge on any atom is -0.478 e. The molecule has 2 N–H and O–H groups in total. The first kappa shape index (κ1) is 23.4. The zero-order valence-electron chi connectivity index (χ0n) is 18.6. The number of aromatic carboxylic acids is 1. The number of nitrogens with zero attached hydrogens (tertiary/aromatic N) is 1. The molecule has 1 heterocycles. The number of nitrogens with one attached hydrogen (secondary N) is 1. The van der Waals surface area contributed by atoms with Crippen LogP contribution in [0.25, 0.3) is 11.1 Å². The van der Waals surface area contributed by atoms with Crippen molar-refractivity contribution in [1.29, 1.82) is 0 Å². The normalized spacial score (nSPS) is 17.7. The minimum absolute atomic E-state index is 0.0970. The van der Waals surface area contributed by atoms with Gasteiger partial charge in [0.1, 0.15) is 0 Å². The molecule has 0 unspecified atom stereocenters. The molecule has 0 bridgehead atoms. The lowest BCUT2D eigenvalue weighted by Crippen LogP contribution is -2.43. The van der Waals surface area contributed by atoms with Crippen molar-refractivity contribution < 1.29 is 27.9 Å². The number of alkyl halides is 3. The molecule has 3 aromatic carbocycles. The first-order chi connectivity index (χ1) is 16.0. The number of carbonyl (C=O) groups excluding carboxylic acids is 1. The monoisotopic (exact) mass is 468 g/mol. The maximum absolute atomic E-state index is 12.9. The molecule has 0 saturated carbocycles. The van der Waals surface area contributed by atoms with E-state index in [9.17, 15) is 22.8 Å². The Bertz CT molecular complexity index is 1220. The van der Waals surface area contributed by atoms with Crippen LogP contribution >= 0.6 is 0 Å². The molecule has 0 spiro atoms. The van der Waals surface area contributed by atoms with Gasteiger partial charge < -0.3 is 15.3 Å². The molecule has 0 radical (unpaired) electrons.